The Labute approximate surface area is 215 Å². The highest BCUT2D eigenvalue weighted by molar-refractivity contribution is 7.80. The summed E-state index contributed by atoms with van der Waals surface area (Å²) in [4.78, 5) is 45.3. The van der Waals surface area contributed by atoms with Gasteiger partial charge in [-0.2, -0.15) is 12.6 Å². The zero-order valence-electron chi connectivity index (χ0n) is 22.8. The average Bonchev–Trinajstić information content (AvgIpc) is 2.63. The van der Waals surface area contributed by atoms with Gasteiger partial charge in [-0.1, -0.05) is 12.8 Å². The van der Waals surface area contributed by atoms with E-state index < -0.39 is 35.1 Å². The fourth-order valence-electron chi connectivity index (χ4n) is 2.65. The van der Waals surface area contributed by atoms with Crippen molar-refractivity contribution < 1.29 is 33.7 Å². The lowest BCUT2D eigenvalue weighted by molar-refractivity contribution is 0.0279. The zero-order valence-corrected chi connectivity index (χ0v) is 23.7. The van der Waals surface area contributed by atoms with Crippen molar-refractivity contribution >= 4 is 36.9 Å². The SMILES string of the molecule is CC(C)(C)OC(=O)/N=C(/N(CCS)C(=O)OC(C)(C)C)N(CCCCCCO)C(=O)OC(C)(C)C. The number of aliphatic hydroxyl groups is 1. The summed E-state index contributed by atoms with van der Waals surface area (Å²) in [6, 6.07) is 0. The van der Waals surface area contributed by atoms with E-state index in [2.05, 4.69) is 17.6 Å². The van der Waals surface area contributed by atoms with Gasteiger partial charge in [0.05, 0.1) is 0 Å². The van der Waals surface area contributed by atoms with Gasteiger partial charge in [-0.25, -0.2) is 24.2 Å². The van der Waals surface area contributed by atoms with Gasteiger partial charge in [-0.15, -0.1) is 4.99 Å². The Morgan fingerprint density at radius 3 is 1.54 bits per heavy atom. The minimum Gasteiger partial charge on any atom is -0.443 e. The number of hydrogen-bond donors (Lipinski definition) is 2. The predicted octanol–water partition coefficient (Wildman–Crippen LogP) is 5.23. The number of amides is 3. The van der Waals surface area contributed by atoms with Gasteiger partial charge in [-0.05, 0) is 75.2 Å². The second kappa shape index (κ2) is 14.5. The number of thiol groups is 1. The Morgan fingerprint density at radius 2 is 1.14 bits per heavy atom. The van der Waals surface area contributed by atoms with Gasteiger partial charge in [0.2, 0.25) is 5.96 Å². The van der Waals surface area contributed by atoms with Crippen LogP contribution < -0.4 is 0 Å². The van der Waals surface area contributed by atoms with Crippen LogP contribution in [0.2, 0.25) is 0 Å². The second-order valence-corrected chi connectivity index (χ2v) is 11.5. The molecule has 0 aromatic heterocycles. The molecule has 3 amide bonds. The fraction of sp³-hybridized carbons (Fsp3) is 0.833. The molecule has 0 unspecified atom stereocenters. The number of hydrogen-bond acceptors (Lipinski definition) is 8. The number of aliphatic hydroxyl groups excluding tert-OH is 1. The van der Waals surface area contributed by atoms with Crippen LogP contribution in [0, 0.1) is 0 Å². The van der Waals surface area contributed by atoms with E-state index >= 15 is 0 Å². The Hall–Kier alpha value is -2.01. The average molecular weight is 520 g/mol. The summed E-state index contributed by atoms with van der Waals surface area (Å²) in [5.41, 5.74) is -2.50. The number of aliphatic imine (C=N–C) groups is 1. The molecule has 0 aliphatic carbocycles. The molecule has 0 aliphatic rings. The third-order valence-electron chi connectivity index (χ3n) is 3.91. The van der Waals surface area contributed by atoms with Crippen LogP contribution in [0.4, 0.5) is 14.4 Å². The molecule has 0 saturated heterocycles. The first kappa shape index (κ1) is 33.0. The van der Waals surface area contributed by atoms with Crippen LogP contribution in [0.5, 0.6) is 0 Å². The van der Waals surface area contributed by atoms with E-state index in [0.717, 1.165) is 16.2 Å². The number of carbonyl (C=O) groups excluding carboxylic acids is 3. The molecule has 1 N–H and O–H groups in total. The highest BCUT2D eigenvalue weighted by atomic mass is 32.1. The molecule has 0 aromatic carbocycles. The van der Waals surface area contributed by atoms with Crippen LogP contribution >= 0.6 is 12.6 Å². The molecule has 0 aliphatic heterocycles. The monoisotopic (exact) mass is 519 g/mol. The molecule has 11 heteroatoms. The first-order chi connectivity index (χ1) is 15.9. The van der Waals surface area contributed by atoms with Crippen LogP contribution in [-0.2, 0) is 14.2 Å². The van der Waals surface area contributed by atoms with Gasteiger partial charge >= 0.3 is 18.3 Å². The summed E-state index contributed by atoms with van der Waals surface area (Å²) in [7, 11) is 0. The molecular weight excluding hydrogens is 474 g/mol. The van der Waals surface area contributed by atoms with Crippen LogP contribution in [-0.4, -0.2) is 81.4 Å². The molecule has 10 nitrogen and oxygen atoms in total. The lowest BCUT2D eigenvalue weighted by Gasteiger charge is -2.34. The topological polar surface area (TPSA) is 118 Å². The largest absolute Gasteiger partial charge is 0.443 e. The number of carbonyl (C=O) groups is 3. The minimum absolute atomic E-state index is 0.0173. The third kappa shape index (κ3) is 15.6. The fourth-order valence-corrected chi connectivity index (χ4v) is 2.85. The van der Waals surface area contributed by atoms with Crippen LogP contribution in [0.15, 0.2) is 4.99 Å². The third-order valence-corrected chi connectivity index (χ3v) is 4.11. The summed E-state index contributed by atoms with van der Waals surface area (Å²) in [6.07, 6.45) is 0.0960. The van der Waals surface area contributed by atoms with Crippen LogP contribution in [0.3, 0.4) is 0 Å². The van der Waals surface area contributed by atoms with E-state index in [1.165, 1.54) is 0 Å². The number of ether oxygens (including phenoxy) is 3. The van der Waals surface area contributed by atoms with E-state index in [-0.39, 0.29) is 31.4 Å². The van der Waals surface area contributed by atoms with Gasteiger partial charge in [0.25, 0.3) is 0 Å². The van der Waals surface area contributed by atoms with Crippen molar-refractivity contribution in [2.75, 3.05) is 25.4 Å². The normalized spacial score (nSPS) is 12.7. The Bertz CT molecular complexity index is 722. The molecule has 0 bridgehead atoms. The molecule has 35 heavy (non-hydrogen) atoms. The molecular formula is C24H45N3O7S. The molecule has 204 valence electrons. The van der Waals surface area contributed by atoms with Gasteiger partial charge in [0, 0.05) is 25.4 Å². The minimum atomic E-state index is -0.964. The van der Waals surface area contributed by atoms with Crippen molar-refractivity contribution in [1.82, 2.24) is 9.80 Å². The molecule has 0 spiro atoms. The lowest BCUT2D eigenvalue weighted by atomic mass is 10.2. The zero-order chi connectivity index (χ0) is 27.4. The van der Waals surface area contributed by atoms with Crippen molar-refractivity contribution in [3.05, 3.63) is 0 Å². The number of rotatable bonds is 8. The molecule has 0 saturated carbocycles. The first-order valence-corrected chi connectivity index (χ1v) is 12.6. The maximum absolute atomic E-state index is 13.2. The summed E-state index contributed by atoms with van der Waals surface area (Å²) in [5, 5.41) is 9.04. The van der Waals surface area contributed by atoms with Crippen molar-refractivity contribution in [3.8, 4) is 0 Å². The van der Waals surface area contributed by atoms with Crippen molar-refractivity contribution in [2.24, 2.45) is 4.99 Å². The van der Waals surface area contributed by atoms with Gasteiger partial charge in [-0.3, -0.25) is 0 Å². The molecule has 0 heterocycles. The van der Waals surface area contributed by atoms with E-state index in [9.17, 15) is 14.4 Å². The summed E-state index contributed by atoms with van der Waals surface area (Å²) >= 11 is 4.24. The molecule has 0 aromatic rings. The maximum Gasteiger partial charge on any atom is 0.437 e. The Balaban J connectivity index is 6.47. The summed E-state index contributed by atoms with van der Waals surface area (Å²) in [6.45, 7) is 15.6. The van der Waals surface area contributed by atoms with Gasteiger partial charge in [0.15, 0.2) is 0 Å². The van der Waals surface area contributed by atoms with Crippen molar-refractivity contribution in [1.29, 1.82) is 0 Å². The van der Waals surface area contributed by atoms with Crippen LogP contribution in [0.1, 0.15) is 88.0 Å². The Kier molecular flexibility index (Phi) is 13.7. The highest BCUT2D eigenvalue weighted by Gasteiger charge is 2.35. The van der Waals surface area contributed by atoms with E-state index in [0.29, 0.717) is 19.3 Å². The quantitative estimate of drug-likeness (QED) is 0.148. The molecule has 0 radical (unpaired) electrons. The van der Waals surface area contributed by atoms with E-state index in [4.69, 9.17) is 19.3 Å². The number of nitrogens with zero attached hydrogens (tertiary/aromatic N) is 3. The molecule has 0 rings (SSSR count). The smallest absolute Gasteiger partial charge is 0.437 e. The molecule has 0 atom stereocenters. The second-order valence-electron chi connectivity index (χ2n) is 11.0. The predicted molar refractivity (Wildman–Crippen MR) is 139 cm³/mol. The summed E-state index contributed by atoms with van der Waals surface area (Å²) < 4.78 is 16.4. The highest BCUT2D eigenvalue weighted by Crippen LogP contribution is 2.18. The van der Waals surface area contributed by atoms with Crippen LogP contribution in [0.25, 0.3) is 0 Å². The van der Waals surface area contributed by atoms with E-state index in [1.54, 1.807) is 62.3 Å². The van der Waals surface area contributed by atoms with Crippen molar-refractivity contribution in [2.45, 2.75) is 105 Å². The van der Waals surface area contributed by atoms with Gasteiger partial charge in [0.1, 0.15) is 16.8 Å². The first-order valence-electron chi connectivity index (χ1n) is 11.9. The van der Waals surface area contributed by atoms with Gasteiger partial charge < -0.3 is 19.3 Å². The summed E-state index contributed by atoms with van der Waals surface area (Å²) in [5.74, 6) is -0.0374. The maximum atomic E-state index is 13.2. The number of unbranched alkanes of at least 4 members (excludes halogenated alkanes) is 3. The molecule has 0 fully saturated rings. The van der Waals surface area contributed by atoms with Crippen molar-refractivity contribution in [3.63, 3.8) is 0 Å². The number of guanidine groups is 1. The van der Waals surface area contributed by atoms with E-state index in [1.807, 2.05) is 0 Å². The standard InChI is InChI=1S/C24H45N3O7S/c1-22(2,3)32-19(29)25-18(27(15-17-35)21(31)34-24(7,8)9)26(14-12-10-11-13-16-28)20(30)33-23(4,5)6/h28,35H,10-17H2,1-9H3/b25-18+. The Morgan fingerprint density at radius 1 is 0.714 bits per heavy atom. The lowest BCUT2D eigenvalue weighted by Crippen LogP contribution is -2.53.